The standard InChI is InChI=1S/C22H20N2O2/c1-16(22(26)24-15-20-12-5-6-13-23-20)18-10-7-11-19(14-18)21(25)17-8-3-2-4-9-17/h2-14,16H,15H2,1H3,(H,24,26)/t16-/m1/s1. The van der Waals surface area contributed by atoms with Gasteiger partial charge in [-0.05, 0) is 30.7 Å². The van der Waals surface area contributed by atoms with Crippen LogP contribution in [0.15, 0.2) is 79.0 Å². The number of hydrogen-bond acceptors (Lipinski definition) is 3. The highest BCUT2D eigenvalue weighted by Crippen LogP contribution is 2.19. The quantitative estimate of drug-likeness (QED) is 0.693. The second kappa shape index (κ2) is 8.21. The number of pyridine rings is 1. The van der Waals surface area contributed by atoms with Crippen molar-refractivity contribution in [3.8, 4) is 0 Å². The van der Waals surface area contributed by atoms with Crippen molar-refractivity contribution in [2.45, 2.75) is 19.4 Å². The van der Waals surface area contributed by atoms with E-state index in [4.69, 9.17) is 0 Å². The summed E-state index contributed by atoms with van der Waals surface area (Å²) in [5.41, 5.74) is 2.83. The summed E-state index contributed by atoms with van der Waals surface area (Å²) in [7, 11) is 0. The van der Waals surface area contributed by atoms with Crippen LogP contribution in [0.4, 0.5) is 0 Å². The summed E-state index contributed by atoms with van der Waals surface area (Å²) >= 11 is 0. The summed E-state index contributed by atoms with van der Waals surface area (Å²) in [5, 5.41) is 2.89. The lowest BCUT2D eigenvalue weighted by Crippen LogP contribution is -2.28. The molecule has 3 aromatic rings. The Bertz CT molecular complexity index is 892. The molecule has 0 aliphatic carbocycles. The highest BCUT2D eigenvalue weighted by Gasteiger charge is 2.17. The number of carbonyl (C=O) groups is 2. The van der Waals surface area contributed by atoms with Crippen molar-refractivity contribution < 1.29 is 9.59 Å². The van der Waals surface area contributed by atoms with Gasteiger partial charge in [0.1, 0.15) is 0 Å². The molecule has 1 aromatic heterocycles. The number of aromatic nitrogens is 1. The van der Waals surface area contributed by atoms with Crippen molar-refractivity contribution in [3.63, 3.8) is 0 Å². The maximum absolute atomic E-state index is 12.6. The van der Waals surface area contributed by atoms with Gasteiger partial charge >= 0.3 is 0 Å². The zero-order valence-electron chi connectivity index (χ0n) is 14.6. The molecule has 1 heterocycles. The predicted octanol–water partition coefficient (Wildman–Crippen LogP) is 3.73. The fourth-order valence-electron chi connectivity index (χ4n) is 2.69. The van der Waals surface area contributed by atoms with Crippen LogP contribution >= 0.6 is 0 Å². The molecule has 1 amide bonds. The molecule has 130 valence electrons. The first-order valence-electron chi connectivity index (χ1n) is 8.52. The van der Waals surface area contributed by atoms with E-state index in [-0.39, 0.29) is 17.6 Å². The van der Waals surface area contributed by atoms with Gasteiger partial charge in [-0.1, -0.05) is 54.6 Å². The summed E-state index contributed by atoms with van der Waals surface area (Å²) in [6, 6.07) is 22.0. The zero-order chi connectivity index (χ0) is 18.4. The highest BCUT2D eigenvalue weighted by molar-refractivity contribution is 6.09. The Hall–Kier alpha value is -3.27. The number of nitrogens with zero attached hydrogens (tertiary/aromatic N) is 1. The Labute approximate surface area is 152 Å². The van der Waals surface area contributed by atoms with Crippen LogP contribution in [0.25, 0.3) is 0 Å². The first-order valence-corrected chi connectivity index (χ1v) is 8.52. The Kier molecular flexibility index (Phi) is 5.54. The van der Waals surface area contributed by atoms with Crippen LogP contribution in [-0.4, -0.2) is 16.7 Å². The van der Waals surface area contributed by atoms with E-state index >= 15 is 0 Å². The fourth-order valence-corrected chi connectivity index (χ4v) is 2.69. The van der Waals surface area contributed by atoms with E-state index in [1.165, 1.54) is 0 Å². The van der Waals surface area contributed by atoms with E-state index < -0.39 is 0 Å². The van der Waals surface area contributed by atoms with Gasteiger partial charge in [0.15, 0.2) is 5.78 Å². The second-order valence-corrected chi connectivity index (χ2v) is 6.08. The van der Waals surface area contributed by atoms with Gasteiger partial charge in [-0.15, -0.1) is 0 Å². The summed E-state index contributed by atoms with van der Waals surface area (Å²) < 4.78 is 0. The second-order valence-electron chi connectivity index (χ2n) is 6.08. The Morgan fingerprint density at radius 1 is 0.923 bits per heavy atom. The molecule has 0 bridgehead atoms. The lowest BCUT2D eigenvalue weighted by Gasteiger charge is -2.13. The number of hydrogen-bond donors (Lipinski definition) is 1. The average Bonchev–Trinajstić information content (AvgIpc) is 2.72. The molecule has 0 aliphatic heterocycles. The third kappa shape index (κ3) is 4.22. The minimum atomic E-state index is -0.359. The van der Waals surface area contributed by atoms with Gasteiger partial charge in [0.05, 0.1) is 18.2 Å². The van der Waals surface area contributed by atoms with Crippen molar-refractivity contribution >= 4 is 11.7 Å². The molecule has 26 heavy (non-hydrogen) atoms. The topological polar surface area (TPSA) is 59.1 Å². The van der Waals surface area contributed by atoms with Crippen LogP contribution in [0.1, 0.15) is 40.0 Å². The monoisotopic (exact) mass is 344 g/mol. The van der Waals surface area contributed by atoms with Crippen LogP contribution in [0.2, 0.25) is 0 Å². The third-order valence-corrected chi connectivity index (χ3v) is 4.25. The number of nitrogens with one attached hydrogen (secondary N) is 1. The minimum Gasteiger partial charge on any atom is -0.350 e. The average molecular weight is 344 g/mol. The van der Waals surface area contributed by atoms with E-state index in [0.29, 0.717) is 17.7 Å². The van der Waals surface area contributed by atoms with Crippen LogP contribution in [-0.2, 0) is 11.3 Å². The van der Waals surface area contributed by atoms with Crippen molar-refractivity contribution in [3.05, 3.63) is 101 Å². The molecular formula is C22H20N2O2. The molecule has 2 aromatic carbocycles. The first kappa shape index (κ1) is 17.5. The molecule has 4 nitrogen and oxygen atoms in total. The number of ketones is 1. The van der Waals surface area contributed by atoms with Crippen molar-refractivity contribution in [1.29, 1.82) is 0 Å². The van der Waals surface area contributed by atoms with Crippen molar-refractivity contribution in [2.75, 3.05) is 0 Å². The molecule has 0 aliphatic rings. The van der Waals surface area contributed by atoms with Gasteiger partial charge < -0.3 is 5.32 Å². The number of carbonyl (C=O) groups excluding carboxylic acids is 2. The van der Waals surface area contributed by atoms with E-state index in [2.05, 4.69) is 10.3 Å². The molecule has 1 atom stereocenters. The van der Waals surface area contributed by atoms with Gasteiger partial charge in [0, 0.05) is 17.3 Å². The van der Waals surface area contributed by atoms with Gasteiger partial charge in [-0.25, -0.2) is 0 Å². The summed E-state index contributed by atoms with van der Waals surface area (Å²) in [6.45, 7) is 2.21. The van der Waals surface area contributed by atoms with Gasteiger partial charge in [0.2, 0.25) is 5.91 Å². The molecule has 1 N–H and O–H groups in total. The highest BCUT2D eigenvalue weighted by atomic mass is 16.1. The van der Waals surface area contributed by atoms with E-state index in [1.54, 1.807) is 30.5 Å². The molecule has 4 heteroatoms. The molecule has 0 radical (unpaired) electrons. The smallest absolute Gasteiger partial charge is 0.227 e. The largest absolute Gasteiger partial charge is 0.350 e. The number of amides is 1. The molecule has 0 saturated carbocycles. The summed E-state index contributed by atoms with van der Waals surface area (Å²) in [5.74, 6) is -0.504. The number of benzene rings is 2. The van der Waals surface area contributed by atoms with E-state index in [1.807, 2.05) is 55.5 Å². The Morgan fingerprint density at radius 3 is 2.38 bits per heavy atom. The molecule has 0 saturated heterocycles. The normalized spacial score (nSPS) is 11.6. The summed E-state index contributed by atoms with van der Waals surface area (Å²) in [6.07, 6.45) is 1.70. The lowest BCUT2D eigenvalue weighted by atomic mass is 9.95. The zero-order valence-corrected chi connectivity index (χ0v) is 14.6. The van der Waals surface area contributed by atoms with Crippen LogP contribution in [0.3, 0.4) is 0 Å². The molecular weight excluding hydrogens is 324 g/mol. The van der Waals surface area contributed by atoms with Crippen molar-refractivity contribution in [2.24, 2.45) is 0 Å². The predicted molar refractivity (Wildman–Crippen MR) is 101 cm³/mol. The maximum atomic E-state index is 12.6. The van der Waals surface area contributed by atoms with E-state index in [0.717, 1.165) is 11.3 Å². The summed E-state index contributed by atoms with van der Waals surface area (Å²) in [4.78, 5) is 29.2. The fraction of sp³-hybridized carbons (Fsp3) is 0.136. The molecule has 0 fully saturated rings. The maximum Gasteiger partial charge on any atom is 0.227 e. The van der Waals surface area contributed by atoms with Gasteiger partial charge in [0.25, 0.3) is 0 Å². The van der Waals surface area contributed by atoms with Crippen LogP contribution in [0.5, 0.6) is 0 Å². The molecule has 0 unspecified atom stereocenters. The lowest BCUT2D eigenvalue weighted by molar-refractivity contribution is -0.122. The van der Waals surface area contributed by atoms with Gasteiger partial charge in [-0.3, -0.25) is 14.6 Å². The Morgan fingerprint density at radius 2 is 1.65 bits per heavy atom. The third-order valence-electron chi connectivity index (χ3n) is 4.25. The van der Waals surface area contributed by atoms with E-state index in [9.17, 15) is 9.59 Å². The molecule has 3 rings (SSSR count). The Balaban J connectivity index is 1.70. The van der Waals surface area contributed by atoms with Gasteiger partial charge in [-0.2, -0.15) is 0 Å². The SMILES string of the molecule is C[C@@H](C(=O)NCc1ccccn1)c1cccc(C(=O)c2ccccc2)c1. The van der Waals surface area contributed by atoms with Crippen LogP contribution in [0, 0.1) is 0 Å². The van der Waals surface area contributed by atoms with Crippen LogP contribution < -0.4 is 5.32 Å². The first-order chi connectivity index (χ1) is 12.6. The number of rotatable bonds is 6. The molecule has 0 spiro atoms. The minimum absolute atomic E-state index is 0.0476. The van der Waals surface area contributed by atoms with Crippen molar-refractivity contribution in [1.82, 2.24) is 10.3 Å².